The zero-order valence-electron chi connectivity index (χ0n) is 14.6. The minimum Gasteiger partial charge on any atom is -0.456 e. The number of hydrogen-bond acceptors (Lipinski definition) is 6. The van der Waals surface area contributed by atoms with E-state index in [0.717, 1.165) is 53.9 Å². The normalized spacial score (nSPS) is 24.9. The van der Waals surface area contributed by atoms with Crippen LogP contribution in [0, 0.1) is 12.8 Å². The van der Waals surface area contributed by atoms with Crippen LogP contribution in [0.2, 0.25) is 0 Å². The Morgan fingerprint density at radius 2 is 2.19 bits per heavy atom. The number of carbonyl (C=O) groups is 1. The molecule has 1 aromatic carbocycles. The molecule has 134 valence electrons. The number of esters is 1. The van der Waals surface area contributed by atoms with E-state index in [0.29, 0.717) is 11.6 Å². The van der Waals surface area contributed by atoms with Crippen molar-refractivity contribution in [2.24, 2.45) is 5.92 Å². The first-order valence-electron chi connectivity index (χ1n) is 9.01. The highest BCUT2D eigenvalue weighted by Gasteiger charge is 2.37. The molecule has 3 aliphatic rings. The van der Waals surface area contributed by atoms with E-state index in [1.165, 1.54) is 4.88 Å². The number of piperidine rings is 3. The van der Waals surface area contributed by atoms with Gasteiger partial charge in [0.25, 0.3) is 0 Å². The molecule has 7 heteroatoms. The van der Waals surface area contributed by atoms with Gasteiger partial charge in [0.15, 0.2) is 5.69 Å². The van der Waals surface area contributed by atoms with Crippen LogP contribution in [-0.4, -0.2) is 51.8 Å². The molecule has 6 rings (SSSR count). The Kier molecular flexibility index (Phi) is 3.79. The van der Waals surface area contributed by atoms with Crippen LogP contribution < -0.4 is 0 Å². The van der Waals surface area contributed by atoms with Crippen molar-refractivity contribution in [3.8, 4) is 10.6 Å². The van der Waals surface area contributed by atoms with Crippen LogP contribution in [0.1, 0.15) is 28.2 Å². The van der Waals surface area contributed by atoms with E-state index in [1.807, 2.05) is 31.3 Å². The summed E-state index contributed by atoms with van der Waals surface area (Å²) in [6, 6.07) is 5.91. The van der Waals surface area contributed by atoms with Crippen molar-refractivity contribution < 1.29 is 9.53 Å². The number of carbonyl (C=O) groups excluding carboxylic acids is 1. The number of aromatic nitrogens is 3. The van der Waals surface area contributed by atoms with Crippen molar-refractivity contribution in [3.05, 3.63) is 35.0 Å². The molecule has 0 spiro atoms. The van der Waals surface area contributed by atoms with E-state index in [1.54, 1.807) is 11.3 Å². The van der Waals surface area contributed by atoms with Crippen molar-refractivity contribution >= 4 is 28.2 Å². The summed E-state index contributed by atoms with van der Waals surface area (Å²) >= 11 is 1.65. The molecular formula is C19H20N4O2S. The number of hydrogen-bond donors (Lipinski definition) is 1. The van der Waals surface area contributed by atoms with Crippen LogP contribution in [0.25, 0.3) is 21.5 Å². The van der Waals surface area contributed by atoms with Gasteiger partial charge in [0.05, 0.1) is 5.52 Å². The lowest BCUT2D eigenvalue weighted by Crippen LogP contribution is -2.51. The van der Waals surface area contributed by atoms with Crippen LogP contribution in [-0.2, 0) is 4.74 Å². The van der Waals surface area contributed by atoms with Crippen LogP contribution in [0.15, 0.2) is 24.4 Å². The molecule has 5 heterocycles. The lowest BCUT2D eigenvalue weighted by Gasteiger charge is -2.43. The summed E-state index contributed by atoms with van der Waals surface area (Å²) in [4.78, 5) is 20.7. The van der Waals surface area contributed by atoms with Gasteiger partial charge in [-0.15, -0.1) is 11.3 Å². The van der Waals surface area contributed by atoms with Crippen LogP contribution >= 0.6 is 11.3 Å². The van der Waals surface area contributed by atoms with E-state index in [9.17, 15) is 4.79 Å². The molecule has 3 aromatic rings. The first-order chi connectivity index (χ1) is 12.7. The molecule has 1 N–H and O–H groups in total. The number of ether oxygens (including phenoxy) is 1. The monoisotopic (exact) mass is 368 g/mol. The van der Waals surface area contributed by atoms with Gasteiger partial charge < -0.3 is 4.74 Å². The predicted molar refractivity (Wildman–Crippen MR) is 100 cm³/mol. The minimum atomic E-state index is -0.326. The van der Waals surface area contributed by atoms with Gasteiger partial charge in [0.2, 0.25) is 0 Å². The number of nitrogens with zero attached hydrogens (tertiary/aromatic N) is 3. The number of rotatable bonds is 3. The Bertz CT molecular complexity index is 971. The molecule has 3 saturated heterocycles. The zero-order chi connectivity index (χ0) is 17.7. The molecule has 0 amide bonds. The van der Waals surface area contributed by atoms with E-state index in [2.05, 4.69) is 20.1 Å². The molecule has 0 radical (unpaired) electrons. The van der Waals surface area contributed by atoms with Gasteiger partial charge in [0.1, 0.15) is 11.1 Å². The van der Waals surface area contributed by atoms with Gasteiger partial charge in [-0.1, -0.05) is 6.07 Å². The average Bonchev–Trinajstić information content (AvgIpc) is 3.28. The van der Waals surface area contributed by atoms with Gasteiger partial charge >= 0.3 is 5.97 Å². The molecule has 0 aliphatic carbocycles. The zero-order valence-corrected chi connectivity index (χ0v) is 15.4. The topological polar surface area (TPSA) is 71.1 Å². The fourth-order valence-corrected chi connectivity index (χ4v) is 4.79. The molecule has 3 aliphatic heterocycles. The number of fused-ring (bicyclic) bond motifs is 4. The van der Waals surface area contributed by atoms with E-state index >= 15 is 0 Å². The summed E-state index contributed by atoms with van der Waals surface area (Å²) in [6.07, 6.45) is 4.11. The Labute approximate surface area is 155 Å². The largest absolute Gasteiger partial charge is 0.456 e. The van der Waals surface area contributed by atoms with E-state index < -0.39 is 0 Å². The summed E-state index contributed by atoms with van der Waals surface area (Å²) in [7, 11) is 0. The lowest BCUT2D eigenvalue weighted by atomic mass is 9.86. The minimum absolute atomic E-state index is 0.00526. The fourth-order valence-electron chi connectivity index (χ4n) is 4.03. The number of aryl methyl sites for hydroxylation is 1. The molecular weight excluding hydrogens is 348 g/mol. The van der Waals surface area contributed by atoms with Gasteiger partial charge in [0, 0.05) is 28.6 Å². The molecule has 2 aromatic heterocycles. The summed E-state index contributed by atoms with van der Waals surface area (Å²) in [6.45, 7) is 5.15. The molecule has 2 bridgehead atoms. The van der Waals surface area contributed by atoms with E-state index in [-0.39, 0.29) is 12.1 Å². The molecule has 3 fully saturated rings. The second kappa shape index (κ2) is 6.17. The number of thiazole rings is 1. The van der Waals surface area contributed by atoms with Crippen LogP contribution in [0.3, 0.4) is 0 Å². The summed E-state index contributed by atoms with van der Waals surface area (Å²) < 4.78 is 5.82. The molecule has 26 heavy (non-hydrogen) atoms. The van der Waals surface area contributed by atoms with Gasteiger partial charge in [-0.3, -0.25) is 10.00 Å². The quantitative estimate of drug-likeness (QED) is 0.719. The van der Waals surface area contributed by atoms with Crippen molar-refractivity contribution in [2.45, 2.75) is 25.9 Å². The summed E-state index contributed by atoms with van der Waals surface area (Å²) in [5, 5.41) is 8.97. The first kappa shape index (κ1) is 16.0. The molecule has 0 saturated carbocycles. The highest BCUT2D eigenvalue weighted by Crippen LogP contribution is 2.31. The van der Waals surface area contributed by atoms with Crippen molar-refractivity contribution in [1.29, 1.82) is 0 Å². The van der Waals surface area contributed by atoms with Crippen LogP contribution in [0.5, 0.6) is 0 Å². The fraction of sp³-hybridized carbons (Fsp3) is 0.421. The van der Waals surface area contributed by atoms with Crippen molar-refractivity contribution in [2.75, 3.05) is 19.6 Å². The third-order valence-corrected chi connectivity index (χ3v) is 6.44. The SMILES string of the molecule is Cc1cnc(-c2ccc3c(C(=O)O[C@H]4CN5CCC4CC5)n[nH]c3c2)s1. The second-order valence-corrected chi connectivity index (χ2v) is 8.43. The van der Waals surface area contributed by atoms with Crippen molar-refractivity contribution in [3.63, 3.8) is 0 Å². The highest BCUT2D eigenvalue weighted by molar-refractivity contribution is 7.14. The summed E-state index contributed by atoms with van der Waals surface area (Å²) in [5.41, 5.74) is 2.23. The predicted octanol–water partition coefficient (Wildman–Crippen LogP) is 3.25. The second-order valence-electron chi connectivity index (χ2n) is 7.19. The Balaban J connectivity index is 1.39. The Morgan fingerprint density at radius 1 is 1.35 bits per heavy atom. The molecule has 1 atom stereocenters. The maximum absolute atomic E-state index is 12.7. The molecule has 6 nitrogen and oxygen atoms in total. The highest BCUT2D eigenvalue weighted by atomic mass is 32.1. The average molecular weight is 368 g/mol. The third-order valence-electron chi connectivity index (χ3n) is 5.48. The smallest absolute Gasteiger partial charge is 0.359 e. The van der Waals surface area contributed by atoms with E-state index in [4.69, 9.17) is 4.74 Å². The van der Waals surface area contributed by atoms with Gasteiger partial charge in [-0.2, -0.15) is 5.10 Å². The Hall–Kier alpha value is -2.25. The maximum Gasteiger partial charge on any atom is 0.359 e. The first-order valence-corrected chi connectivity index (χ1v) is 9.83. The van der Waals surface area contributed by atoms with Gasteiger partial charge in [-0.05, 0) is 50.9 Å². The number of H-pyrrole nitrogens is 1. The number of nitrogens with one attached hydrogen (secondary N) is 1. The molecule has 0 unspecified atom stereocenters. The summed E-state index contributed by atoms with van der Waals surface area (Å²) in [5.74, 6) is 0.168. The van der Waals surface area contributed by atoms with Gasteiger partial charge in [-0.25, -0.2) is 9.78 Å². The Morgan fingerprint density at radius 3 is 2.88 bits per heavy atom. The number of aromatic amines is 1. The van der Waals surface area contributed by atoms with Crippen molar-refractivity contribution in [1.82, 2.24) is 20.1 Å². The lowest BCUT2D eigenvalue weighted by molar-refractivity contribution is -0.0458. The van der Waals surface area contributed by atoms with Crippen LogP contribution in [0.4, 0.5) is 0 Å². The standard InChI is InChI=1S/C19H20N4O2S/c1-11-9-20-18(26-11)13-2-3-14-15(8-13)21-22-17(14)19(24)25-16-10-23-6-4-12(16)5-7-23/h2-3,8-9,12,16H,4-7,10H2,1H3,(H,21,22)/t16-/m0/s1. The third kappa shape index (κ3) is 2.71. The number of benzene rings is 1. The maximum atomic E-state index is 12.7.